The molecule has 0 aromatic heterocycles. The zero-order valence-corrected chi connectivity index (χ0v) is 9.67. The van der Waals surface area contributed by atoms with E-state index in [-0.39, 0.29) is 0 Å². The summed E-state index contributed by atoms with van der Waals surface area (Å²) in [6, 6.07) is 10.6. The van der Waals surface area contributed by atoms with Gasteiger partial charge in [0, 0.05) is 6.54 Å². The minimum absolute atomic E-state index is 0.428. The summed E-state index contributed by atoms with van der Waals surface area (Å²) in [5.74, 6) is 0. The molecule has 1 rings (SSSR count). The van der Waals surface area contributed by atoms with Crippen LogP contribution in [0.1, 0.15) is 25.0 Å². The molecule has 2 heteroatoms. The van der Waals surface area contributed by atoms with E-state index in [1.54, 1.807) is 0 Å². The monoisotopic (exact) mass is 202 g/mol. The van der Waals surface area contributed by atoms with Crippen LogP contribution in [0.15, 0.2) is 24.3 Å². The van der Waals surface area contributed by atoms with Crippen LogP contribution < -0.4 is 5.32 Å². The van der Waals surface area contributed by atoms with Gasteiger partial charge in [0.05, 0.1) is 6.07 Å². The Balaban J connectivity index is 2.46. The van der Waals surface area contributed by atoms with Gasteiger partial charge >= 0.3 is 0 Å². The first-order valence-corrected chi connectivity index (χ1v) is 5.26. The molecule has 0 radical (unpaired) electrons. The zero-order valence-electron chi connectivity index (χ0n) is 9.67. The lowest BCUT2D eigenvalue weighted by molar-refractivity contribution is 0.489. The van der Waals surface area contributed by atoms with E-state index in [4.69, 9.17) is 5.26 Å². The standard InChI is InChI=1S/C13H18N2/c1-11-6-4-5-7-12(11)8-9-15-13(2,3)10-14/h4-7,15H,8-9H2,1-3H3. The number of aryl methyl sites for hydroxylation is 1. The number of hydrogen-bond acceptors (Lipinski definition) is 2. The van der Waals surface area contributed by atoms with E-state index in [0.717, 1.165) is 13.0 Å². The van der Waals surface area contributed by atoms with Crippen molar-refractivity contribution < 1.29 is 0 Å². The predicted molar refractivity (Wildman–Crippen MR) is 62.6 cm³/mol. The Morgan fingerprint density at radius 1 is 1.33 bits per heavy atom. The van der Waals surface area contributed by atoms with Crippen molar-refractivity contribution in [2.45, 2.75) is 32.7 Å². The van der Waals surface area contributed by atoms with Gasteiger partial charge in [-0.15, -0.1) is 0 Å². The fourth-order valence-electron chi connectivity index (χ4n) is 1.44. The summed E-state index contributed by atoms with van der Waals surface area (Å²) in [5, 5.41) is 12.1. The second-order valence-electron chi connectivity index (χ2n) is 4.34. The number of hydrogen-bond donors (Lipinski definition) is 1. The first-order chi connectivity index (χ1) is 7.05. The minimum atomic E-state index is -0.428. The molecule has 0 aliphatic heterocycles. The molecule has 0 fully saturated rings. The van der Waals surface area contributed by atoms with E-state index >= 15 is 0 Å². The van der Waals surface area contributed by atoms with Crippen LogP contribution in [0.25, 0.3) is 0 Å². The largest absolute Gasteiger partial charge is 0.300 e. The Hall–Kier alpha value is -1.33. The zero-order chi connectivity index (χ0) is 11.3. The minimum Gasteiger partial charge on any atom is -0.300 e. The maximum atomic E-state index is 8.83. The van der Waals surface area contributed by atoms with E-state index in [9.17, 15) is 0 Å². The van der Waals surface area contributed by atoms with Crippen LogP contribution in [0.3, 0.4) is 0 Å². The molecule has 0 unspecified atom stereocenters. The lowest BCUT2D eigenvalue weighted by Gasteiger charge is -2.17. The summed E-state index contributed by atoms with van der Waals surface area (Å²) >= 11 is 0. The molecule has 0 spiro atoms. The summed E-state index contributed by atoms with van der Waals surface area (Å²) < 4.78 is 0. The normalized spacial score (nSPS) is 11.1. The van der Waals surface area contributed by atoms with E-state index in [2.05, 4.69) is 36.5 Å². The highest BCUT2D eigenvalue weighted by Gasteiger charge is 2.14. The van der Waals surface area contributed by atoms with Gasteiger partial charge in [-0.1, -0.05) is 24.3 Å². The third-order valence-corrected chi connectivity index (χ3v) is 2.50. The molecule has 1 N–H and O–H groups in total. The van der Waals surface area contributed by atoms with Gasteiger partial charge < -0.3 is 0 Å². The molecular weight excluding hydrogens is 184 g/mol. The smallest absolute Gasteiger partial charge is 0.101 e. The summed E-state index contributed by atoms with van der Waals surface area (Å²) in [5.41, 5.74) is 2.23. The Bertz CT molecular complexity index is 361. The van der Waals surface area contributed by atoms with Gasteiger partial charge in [0.1, 0.15) is 5.54 Å². The van der Waals surface area contributed by atoms with Crippen LogP contribution >= 0.6 is 0 Å². The van der Waals surface area contributed by atoms with Gasteiger partial charge in [0.15, 0.2) is 0 Å². The molecule has 0 heterocycles. The van der Waals surface area contributed by atoms with Gasteiger partial charge in [-0.2, -0.15) is 5.26 Å². The van der Waals surface area contributed by atoms with Crippen molar-refractivity contribution in [2.24, 2.45) is 0 Å². The Labute approximate surface area is 91.9 Å². The maximum absolute atomic E-state index is 8.83. The van der Waals surface area contributed by atoms with Crippen LogP contribution in [-0.4, -0.2) is 12.1 Å². The molecule has 0 atom stereocenters. The summed E-state index contributed by atoms with van der Waals surface area (Å²) in [6.07, 6.45) is 0.970. The molecule has 2 nitrogen and oxygen atoms in total. The van der Waals surface area contributed by atoms with Gasteiger partial charge in [-0.25, -0.2) is 0 Å². The second kappa shape index (κ2) is 4.95. The molecule has 15 heavy (non-hydrogen) atoms. The molecule has 0 saturated carbocycles. The van der Waals surface area contributed by atoms with Crippen LogP contribution in [0.2, 0.25) is 0 Å². The number of rotatable bonds is 4. The molecule has 1 aromatic rings. The highest BCUT2D eigenvalue weighted by molar-refractivity contribution is 5.25. The lowest BCUT2D eigenvalue weighted by Crippen LogP contribution is -2.38. The van der Waals surface area contributed by atoms with Crippen molar-refractivity contribution in [1.82, 2.24) is 5.32 Å². The number of nitrogens with one attached hydrogen (secondary N) is 1. The van der Waals surface area contributed by atoms with Crippen molar-refractivity contribution in [3.8, 4) is 6.07 Å². The highest BCUT2D eigenvalue weighted by atomic mass is 14.9. The lowest BCUT2D eigenvalue weighted by atomic mass is 10.0. The van der Waals surface area contributed by atoms with Crippen molar-refractivity contribution >= 4 is 0 Å². The maximum Gasteiger partial charge on any atom is 0.101 e. The van der Waals surface area contributed by atoms with Crippen molar-refractivity contribution in [1.29, 1.82) is 5.26 Å². The molecule has 0 aliphatic rings. The van der Waals surface area contributed by atoms with Gasteiger partial charge in [0.25, 0.3) is 0 Å². The second-order valence-corrected chi connectivity index (χ2v) is 4.34. The third-order valence-electron chi connectivity index (χ3n) is 2.50. The molecule has 1 aromatic carbocycles. The van der Waals surface area contributed by atoms with Gasteiger partial charge in [0.2, 0.25) is 0 Å². The van der Waals surface area contributed by atoms with E-state index < -0.39 is 5.54 Å². The van der Waals surface area contributed by atoms with Crippen LogP contribution in [0.5, 0.6) is 0 Å². The Morgan fingerprint density at radius 3 is 2.60 bits per heavy atom. The van der Waals surface area contributed by atoms with Crippen molar-refractivity contribution in [2.75, 3.05) is 6.54 Å². The number of benzene rings is 1. The average Bonchev–Trinajstić information content (AvgIpc) is 2.21. The molecule has 80 valence electrons. The molecule has 0 aliphatic carbocycles. The highest BCUT2D eigenvalue weighted by Crippen LogP contribution is 2.07. The number of nitrogens with zero attached hydrogens (tertiary/aromatic N) is 1. The average molecular weight is 202 g/mol. The van der Waals surface area contributed by atoms with Gasteiger partial charge in [-0.05, 0) is 38.3 Å². The molecule has 0 bridgehead atoms. The van der Waals surface area contributed by atoms with E-state index in [1.165, 1.54) is 11.1 Å². The fourth-order valence-corrected chi connectivity index (χ4v) is 1.44. The number of nitriles is 1. The first-order valence-electron chi connectivity index (χ1n) is 5.26. The van der Waals surface area contributed by atoms with E-state index in [0.29, 0.717) is 0 Å². The Kier molecular flexibility index (Phi) is 3.88. The SMILES string of the molecule is Cc1ccccc1CCNC(C)(C)C#N. The summed E-state index contributed by atoms with van der Waals surface area (Å²) in [6.45, 7) is 6.74. The summed E-state index contributed by atoms with van der Waals surface area (Å²) in [4.78, 5) is 0. The van der Waals surface area contributed by atoms with Crippen LogP contribution in [0, 0.1) is 18.3 Å². The summed E-state index contributed by atoms with van der Waals surface area (Å²) in [7, 11) is 0. The molecule has 0 amide bonds. The fraction of sp³-hybridized carbons (Fsp3) is 0.462. The topological polar surface area (TPSA) is 35.8 Å². The first kappa shape index (κ1) is 11.7. The predicted octanol–water partition coefficient (Wildman–Crippen LogP) is 2.43. The van der Waals surface area contributed by atoms with Crippen molar-refractivity contribution in [3.05, 3.63) is 35.4 Å². The molecular formula is C13H18N2. The van der Waals surface area contributed by atoms with Crippen molar-refractivity contribution in [3.63, 3.8) is 0 Å². The van der Waals surface area contributed by atoms with E-state index in [1.807, 2.05) is 19.9 Å². The quantitative estimate of drug-likeness (QED) is 0.814. The third kappa shape index (κ3) is 3.73. The molecule has 0 saturated heterocycles. The van der Waals surface area contributed by atoms with Crippen LogP contribution in [0.4, 0.5) is 0 Å². The van der Waals surface area contributed by atoms with Crippen LogP contribution in [-0.2, 0) is 6.42 Å². The Morgan fingerprint density at radius 2 is 2.00 bits per heavy atom. The van der Waals surface area contributed by atoms with Gasteiger partial charge in [-0.3, -0.25) is 5.32 Å².